The van der Waals surface area contributed by atoms with Crippen molar-refractivity contribution in [2.75, 3.05) is 47.1 Å². The Morgan fingerprint density at radius 2 is 1.75 bits per heavy atom. The normalized spacial score (nSPS) is 14.4. The Bertz CT molecular complexity index is 857. The summed E-state index contributed by atoms with van der Waals surface area (Å²) in [6.07, 6.45) is 0. The molecule has 1 aliphatic heterocycles. The molecular weight excluding hydrogens is 519 g/mol. The maximum atomic E-state index is 5.67. The fraction of sp³-hybridized carbons (Fsp3) is 0.458. The van der Waals surface area contributed by atoms with Crippen LogP contribution < -0.4 is 20.1 Å². The first kappa shape index (κ1) is 26.2. The molecular formula is C24H35IN4O3. The molecule has 0 aromatic heterocycles. The molecule has 0 spiro atoms. The molecule has 0 saturated carbocycles. The lowest BCUT2D eigenvalue weighted by molar-refractivity contribution is 0.0341. The second kappa shape index (κ2) is 14.2. The van der Waals surface area contributed by atoms with Crippen molar-refractivity contribution in [3.63, 3.8) is 0 Å². The number of nitrogens with zero attached hydrogens (tertiary/aromatic N) is 2. The van der Waals surface area contributed by atoms with Gasteiger partial charge in [0.15, 0.2) is 17.5 Å². The highest BCUT2D eigenvalue weighted by molar-refractivity contribution is 14.0. The Morgan fingerprint density at radius 3 is 2.44 bits per heavy atom. The molecule has 3 rings (SSSR count). The lowest BCUT2D eigenvalue weighted by Gasteiger charge is -2.27. The van der Waals surface area contributed by atoms with Crippen molar-refractivity contribution in [2.45, 2.75) is 26.6 Å². The van der Waals surface area contributed by atoms with Crippen molar-refractivity contribution in [2.24, 2.45) is 4.99 Å². The van der Waals surface area contributed by atoms with Gasteiger partial charge in [-0.15, -0.1) is 24.0 Å². The number of nitrogens with one attached hydrogen (secondary N) is 2. The summed E-state index contributed by atoms with van der Waals surface area (Å²) in [6, 6.07) is 14.5. The summed E-state index contributed by atoms with van der Waals surface area (Å²) < 4.78 is 16.5. The van der Waals surface area contributed by atoms with E-state index in [-0.39, 0.29) is 24.0 Å². The van der Waals surface area contributed by atoms with Gasteiger partial charge in [0.2, 0.25) is 0 Å². The van der Waals surface area contributed by atoms with Crippen LogP contribution in [0.15, 0.2) is 47.5 Å². The molecule has 1 aliphatic rings. The Labute approximate surface area is 208 Å². The van der Waals surface area contributed by atoms with Crippen LogP contribution in [0.2, 0.25) is 0 Å². The average Bonchev–Trinajstić information content (AvgIpc) is 2.81. The van der Waals surface area contributed by atoms with E-state index >= 15 is 0 Å². The van der Waals surface area contributed by atoms with Gasteiger partial charge in [-0.2, -0.15) is 0 Å². The van der Waals surface area contributed by atoms with Crippen molar-refractivity contribution in [3.05, 3.63) is 59.2 Å². The van der Waals surface area contributed by atoms with E-state index in [0.717, 1.165) is 55.9 Å². The molecule has 176 valence electrons. The van der Waals surface area contributed by atoms with Crippen LogP contribution in [0.25, 0.3) is 0 Å². The zero-order valence-electron chi connectivity index (χ0n) is 19.2. The Morgan fingerprint density at radius 1 is 1.03 bits per heavy atom. The van der Waals surface area contributed by atoms with Gasteiger partial charge in [-0.3, -0.25) is 9.89 Å². The standard InChI is InChI=1S/C24H34N4O3.HI/c1-4-31-23-15-19(9-10-22(23)29-3)16-26-24(25-2)27-17-20-7-5-6-8-21(20)18-28-11-13-30-14-12-28;/h5-10,15H,4,11-14,16-18H2,1-3H3,(H2,25,26,27);1H. The van der Waals surface area contributed by atoms with Gasteiger partial charge in [0.05, 0.1) is 26.9 Å². The summed E-state index contributed by atoms with van der Waals surface area (Å²) in [4.78, 5) is 6.81. The Hall–Kier alpha value is -2.04. The zero-order valence-corrected chi connectivity index (χ0v) is 21.6. The minimum absolute atomic E-state index is 0. The van der Waals surface area contributed by atoms with E-state index in [0.29, 0.717) is 19.7 Å². The van der Waals surface area contributed by atoms with E-state index in [1.54, 1.807) is 14.2 Å². The Balaban J connectivity index is 0.00000363. The molecule has 32 heavy (non-hydrogen) atoms. The SMILES string of the molecule is CCOc1cc(CNC(=NC)NCc2ccccc2CN2CCOCC2)ccc1OC.I. The Kier molecular flexibility index (Phi) is 11.6. The van der Waals surface area contributed by atoms with E-state index < -0.39 is 0 Å². The first-order valence-corrected chi connectivity index (χ1v) is 10.8. The highest BCUT2D eigenvalue weighted by Gasteiger charge is 2.13. The largest absolute Gasteiger partial charge is 0.493 e. The number of guanidine groups is 1. The minimum Gasteiger partial charge on any atom is -0.493 e. The molecule has 2 N–H and O–H groups in total. The molecule has 0 atom stereocenters. The second-order valence-corrected chi connectivity index (χ2v) is 7.35. The number of benzene rings is 2. The van der Waals surface area contributed by atoms with Crippen LogP contribution >= 0.6 is 24.0 Å². The fourth-order valence-corrected chi connectivity index (χ4v) is 3.57. The van der Waals surface area contributed by atoms with Crippen molar-refractivity contribution in [3.8, 4) is 11.5 Å². The summed E-state index contributed by atoms with van der Waals surface area (Å²) in [5.74, 6) is 2.25. The van der Waals surface area contributed by atoms with Gasteiger partial charge < -0.3 is 24.8 Å². The predicted octanol–water partition coefficient (Wildman–Crippen LogP) is 3.41. The summed E-state index contributed by atoms with van der Waals surface area (Å²) >= 11 is 0. The number of methoxy groups -OCH3 is 1. The van der Waals surface area contributed by atoms with Crippen molar-refractivity contribution < 1.29 is 14.2 Å². The van der Waals surface area contributed by atoms with Gasteiger partial charge in [-0.05, 0) is 35.7 Å². The zero-order chi connectivity index (χ0) is 21.9. The minimum atomic E-state index is 0. The second-order valence-electron chi connectivity index (χ2n) is 7.35. The number of hydrogen-bond acceptors (Lipinski definition) is 5. The van der Waals surface area contributed by atoms with Crippen LogP contribution in [0.4, 0.5) is 0 Å². The summed E-state index contributed by atoms with van der Waals surface area (Å²) in [6.45, 7) is 8.45. The third-order valence-electron chi connectivity index (χ3n) is 5.27. The highest BCUT2D eigenvalue weighted by Crippen LogP contribution is 2.28. The third-order valence-corrected chi connectivity index (χ3v) is 5.27. The van der Waals surface area contributed by atoms with E-state index in [4.69, 9.17) is 14.2 Å². The topological polar surface area (TPSA) is 67.4 Å². The number of halogens is 1. The van der Waals surface area contributed by atoms with Gasteiger partial charge in [0.1, 0.15) is 0 Å². The molecule has 0 bridgehead atoms. The molecule has 0 radical (unpaired) electrons. The first-order valence-electron chi connectivity index (χ1n) is 10.8. The van der Waals surface area contributed by atoms with Crippen LogP contribution in [-0.2, 0) is 24.4 Å². The number of morpholine rings is 1. The van der Waals surface area contributed by atoms with Gasteiger partial charge in [0.25, 0.3) is 0 Å². The van der Waals surface area contributed by atoms with E-state index in [1.165, 1.54) is 11.1 Å². The monoisotopic (exact) mass is 554 g/mol. The quantitative estimate of drug-likeness (QED) is 0.282. The molecule has 1 saturated heterocycles. The van der Waals surface area contributed by atoms with E-state index in [1.807, 2.05) is 25.1 Å². The van der Waals surface area contributed by atoms with Gasteiger partial charge in [-0.25, -0.2) is 0 Å². The predicted molar refractivity (Wildman–Crippen MR) is 139 cm³/mol. The van der Waals surface area contributed by atoms with Gasteiger partial charge >= 0.3 is 0 Å². The molecule has 7 nitrogen and oxygen atoms in total. The maximum Gasteiger partial charge on any atom is 0.191 e. The number of rotatable bonds is 9. The van der Waals surface area contributed by atoms with Crippen molar-refractivity contribution in [1.82, 2.24) is 15.5 Å². The van der Waals surface area contributed by atoms with Crippen LogP contribution in [0.3, 0.4) is 0 Å². The first-order chi connectivity index (χ1) is 15.2. The molecule has 2 aromatic rings. The summed E-state index contributed by atoms with van der Waals surface area (Å²) in [5, 5.41) is 6.81. The highest BCUT2D eigenvalue weighted by atomic mass is 127. The van der Waals surface area contributed by atoms with Crippen LogP contribution in [-0.4, -0.2) is 57.9 Å². The fourth-order valence-electron chi connectivity index (χ4n) is 3.57. The number of hydrogen-bond donors (Lipinski definition) is 2. The third kappa shape index (κ3) is 7.83. The molecule has 1 fully saturated rings. The van der Waals surface area contributed by atoms with Gasteiger partial charge in [0, 0.05) is 39.8 Å². The lowest BCUT2D eigenvalue weighted by atomic mass is 10.1. The van der Waals surface area contributed by atoms with E-state index in [2.05, 4.69) is 44.8 Å². The smallest absolute Gasteiger partial charge is 0.191 e. The molecule has 0 unspecified atom stereocenters. The average molecular weight is 554 g/mol. The maximum absolute atomic E-state index is 5.67. The summed E-state index contributed by atoms with van der Waals surface area (Å²) in [5.41, 5.74) is 3.71. The number of aliphatic imine (C=N–C) groups is 1. The van der Waals surface area contributed by atoms with Crippen LogP contribution in [0.1, 0.15) is 23.6 Å². The van der Waals surface area contributed by atoms with Gasteiger partial charge in [-0.1, -0.05) is 30.3 Å². The molecule has 0 aliphatic carbocycles. The lowest BCUT2D eigenvalue weighted by Crippen LogP contribution is -2.37. The molecule has 0 amide bonds. The number of ether oxygens (including phenoxy) is 3. The molecule has 1 heterocycles. The van der Waals surface area contributed by atoms with Crippen LogP contribution in [0, 0.1) is 0 Å². The van der Waals surface area contributed by atoms with E-state index in [9.17, 15) is 0 Å². The molecule has 8 heteroatoms. The summed E-state index contributed by atoms with van der Waals surface area (Å²) in [7, 11) is 3.44. The molecule has 2 aromatic carbocycles. The van der Waals surface area contributed by atoms with Crippen molar-refractivity contribution >= 4 is 29.9 Å². The van der Waals surface area contributed by atoms with Crippen molar-refractivity contribution in [1.29, 1.82) is 0 Å². The van der Waals surface area contributed by atoms with Crippen LogP contribution in [0.5, 0.6) is 11.5 Å².